The molecule has 1 saturated heterocycles. The van der Waals surface area contributed by atoms with E-state index in [1.165, 1.54) is 4.90 Å². The van der Waals surface area contributed by atoms with Gasteiger partial charge in [-0.1, -0.05) is 17.7 Å². The molecule has 0 spiro atoms. The molecule has 0 bridgehead atoms. The molecule has 1 aromatic rings. The molecule has 1 unspecified atom stereocenters. The second kappa shape index (κ2) is 8.37. The Morgan fingerprint density at radius 1 is 1.22 bits per heavy atom. The number of carbonyl (C=O) groups is 2. The summed E-state index contributed by atoms with van der Waals surface area (Å²) in [5.41, 5.74) is 2.28. The van der Waals surface area contributed by atoms with Crippen molar-refractivity contribution in [1.29, 1.82) is 0 Å². The zero-order chi connectivity index (χ0) is 20.4. The maximum absolute atomic E-state index is 12.6. The van der Waals surface area contributed by atoms with Crippen molar-refractivity contribution < 1.29 is 27.9 Å². The molecule has 1 aromatic carbocycles. The third-order valence-corrected chi connectivity index (χ3v) is 6.16. The number of aliphatic carboxylic acids is 1. The van der Waals surface area contributed by atoms with E-state index in [9.17, 15) is 18.0 Å². The van der Waals surface area contributed by atoms with E-state index in [0.717, 1.165) is 5.56 Å². The molecule has 1 amide bonds. The minimum atomic E-state index is -3.74. The number of carboxylic acids is 1. The Hall–Kier alpha value is -1.97. The normalized spacial score (nSPS) is 20.5. The summed E-state index contributed by atoms with van der Waals surface area (Å²) in [5, 5.41) is 9.08. The number of rotatable bonds is 6. The van der Waals surface area contributed by atoms with Crippen LogP contribution in [0.5, 0.6) is 0 Å². The molecule has 0 aromatic heterocycles. The predicted molar refractivity (Wildman–Crippen MR) is 99.0 cm³/mol. The SMILES string of the molecule is Cc1cc(C)c(S(=O)(=O)NCCC(=O)N2CC(C(=O)O)O[C@H](C)C2)c(C)c1. The van der Waals surface area contributed by atoms with Gasteiger partial charge < -0.3 is 14.7 Å². The summed E-state index contributed by atoms with van der Waals surface area (Å²) in [6.45, 7) is 7.25. The number of hydrogen-bond acceptors (Lipinski definition) is 5. The van der Waals surface area contributed by atoms with Crippen molar-refractivity contribution in [3.63, 3.8) is 0 Å². The van der Waals surface area contributed by atoms with Gasteiger partial charge in [0.2, 0.25) is 15.9 Å². The fourth-order valence-corrected chi connectivity index (χ4v) is 4.89. The largest absolute Gasteiger partial charge is 0.479 e. The average Bonchev–Trinajstić information content (AvgIpc) is 2.52. The molecule has 0 aliphatic carbocycles. The zero-order valence-corrected chi connectivity index (χ0v) is 16.8. The fourth-order valence-electron chi connectivity index (χ4n) is 3.40. The van der Waals surface area contributed by atoms with E-state index in [4.69, 9.17) is 9.84 Å². The van der Waals surface area contributed by atoms with E-state index in [-0.39, 0.29) is 36.9 Å². The van der Waals surface area contributed by atoms with Crippen LogP contribution in [0, 0.1) is 20.8 Å². The molecule has 1 heterocycles. The number of carbonyl (C=O) groups excluding carboxylic acids is 1. The highest BCUT2D eigenvalue weighted by Crippen LogP contribution is 2.21. The number of aryl methyl sites for hydroxylation is 3. The first-order chi connectivity index (χ1) is 12.5. The number of amides is 1. The van der Waals surface area contributed by atoms with Crippen LogP contribution in [0.25, 0.3) is 0 Å². The van der Waals surface area contributed by atoms with Crippen molar-refractivity contribution in [1.82, 2.24) is 9.62 Å². The smallest absolute Gasteiger partial charge is 0.334 e. The second-order valence-corrected chi connectivity index (χ2v) is 8.65. The number of sulfonamides is 1. The maximum atomic E-state index is 12.6. The number of ether oxygens (including phenoxy) is 1. The molecule has 2 atom stereocenters. The van der Waals surface area contributed by atoms with Crippen LogP contribution in [0.3, 0.4) is 0 Å². The molecule has 1 fully saturated rings. The lowest BCUT2D eigenvalue weighted by molar-refractivity contribution is -0.166. The lowest BCUT2D eigenvalue weighted by Gasteiger charge is -2.35. The third-order valence-electron chi connectivity index (χ3n) is 4.39. The van der Waals surface area contributed by atoms with Crippen LogP contribution < -0.4 is 4.72 Å². The summed E-state index contributed by atoms with van der Waals surface area (Å²) >= 11 is 0. The van der Waals surface area contributed by atoms with Crippen molar-refractivity contribution >= 4 is 21.9 Å². The van der Waals surface area contributed by atoms with E-state index >= 15 is 0 Å². The van der Waals surface area contributed by atoms with Crippen LogP contribution in [0.1, 0.15) is 30.0 Å². The van der Waals surface area contributed by atoms with Gasteiger partial charge in [0.15, 0.2) is 6.10 Å². The van der Waals surface area contributed by atoms with Crippen molar-refractivity contribution in [2.24, 2.45) is 0 Å². The molecule has 2 rings (SSSR count). The lowest BCUT2D eigenvalue weighted by atomic mass is 10.1. The molecular weight excluding hydrogens is 372 g/mol. The summed E-state index contributed by atoms with van der Waals surface area (Å²) in [4.78, 5) is 25.1. The molecular formula is C18H26N2O6S. The first-order valence-electron chi connectivity index (χ1n) is 8.75. The second-order valence-electron chi connectivity index (χ2n) is 6.95. The first kappa shape index (κ1) is 21.3. The van der Waals surface area contributed by atoms with Crippen molar-refractivity contribution in [3.8, 4) is 0 Å². The Morgan fingerprint density at radius 3 is 2.37 bits per heavy atom. The van der Waals surface area contributed by atoms with E-state index < -0.39 is 28.2 Å². The van der Waals surface area contributed by atoms with Crippen LogP contribution >= 0.6 is 0 Å². The van der Waals surface area contributed by atoms with Gasteiger partial charge in [0, 0.05) is 19.5 Å². The Bertz CT molecular complexity index is 813. The Labute approximate surface area is 159 Å². The third kappa shape index (κ3) is 5.27. The molecule has 1 aliphatic rings. The maximum Gasteiger partial charge on any atom is 0.334 e. The minimum Gasteiger partial charge on any atom is -0.479 e. The Balaban J connectivity index is 1.99. The molecule has 0 radical (unpaired) electrons. The van der Waals surface area contributed by atoms with Gasteiger partial charge in [-0.3, -0.25) is 4.79 Å². The summed E-state index contributed by atoms with van der Waals surface area (Å²) in [7, 11) is -3.74. The van der Waals surface area contributed by atoms with Gasteiger partial charge in [0.25, 0.3) is 0 Å². The molecule has 2 N–H and O–H groups in total. The van der Waals surface area contributed by atoms with E-state index in [1.54, 1.807) is 32.9 Å². The summed E-state index contributed by atoms with van der Waals surface area (Å²) in [6, 6.07) is 3.60. The standard InChI is InChI=1S/C18H26N2O6S/c1-11-7-12(2)17(13(3)8-11)27(24,25)19-6-5-16(21)20-9-14(4)26-15(10-20)18(22)23/h7-8,14-15,19H,5-6,9-10H2,1-4H3,(H,22,23)/t14-,15?/m1/s1. The van der Waals surface area contributed by atoms with Gasteiger partial charge in [-0.2, -0.15) is 0 Å². The molecule has 27 heavy (non-hydrogen) atoms. The Morgan fingerprint density at radius 2 is 1.81 bits per heavy atom. The average molecular weight is 398 g/mol. The first-order valence-corrected chi connectivity index (χ1v) is 10.2. The molecule has 8 nitrogen and oxygen atoms in total. The molecule has 0 saturated carbocycles. The summed E-state index contributed by atoms with van der Waals surface area (Å²) < 4.78 is 32.9. The number of hydrogen-bond donors (Lipinski definition) is 2. The van der Waals surface area contributed by atoms with E-state index in [2.05, 4.69) is 4.72 Å². The van der Waals surface area contributed by atoms with Crippen LogP contribution in [0.15, 0.2) is 17.0 Å². The highest BCUT2D eigenvalue weighted by Gasteiger charge is 2.32. The molecule has 9 heteroatoms. The zero-order valence-electron chi connectivity index (χ0n) is 16.0. The molecule has 1 aliphatic heterocycles. The van der Waals surface area contributed by atoms with Crippen molar-refractivity contribution in [2.75, 3.05) is 19.6 Å². The fraction of sp³-hybridized carbons (Fsp3) is 0.556. The van der Waals surface area contributed by atoms with Gasteiger partial charge in [-0.05, 0) is 38.8 Å². The van der Waals surface area contributed by atoms with E-state index in [0.29, 0.717) is 11.1 Å². The monoisotopic (exact) mass is 398 g/mol. The highest BCUT2D eigenvalue weighted by molar-refractivity contribution is 7.89. The summed E-state index contributed by atoms with van der Waals surface area (Å²) in [6.07, 6.45) is -1.51. The number of benzene rings is 1. The van der Waals surface area contributed by atoms with Gasteiger partial charge >= 0.3 is 5.97 Å². The van der Waals surface area contributed by atoms with Crippen LogP contribution in [-0.2, 0) is 24.3 Å². The topological polar surface area (TPSA) is 113 Å². The minimum absolute atomic E-state index is 0.0402. The van der Waals surface area contributed by atoms with Crippen LogP contribution in [-0.4, -0.2) is 62.1 Å². The van der Waals surface area contributed by atoms with Crippen molar-refractivity contribution in [2.45, 2.75) is 51.2 Å². The number of nitrogens with one attached hydrogen (secondary N) is 1. The molecule has 150 valence electrons. The van der Waals surface area contributed by atoms with E-state index in [1.807, 2.05) is 6.92 Å². The van der Waals surface area contributed by atoms with Gasteiger partial charge in [-0.25, -0.2) is 17.9 Å². The predicted octanol–water partition coefficient (Wildman–Crippen LogP) is 0.981. The van der Waals surface area contributed by atoms with Gasteiger partial charge in [0.05, 0.1) is 17.5 Å². The van der Waals surface area contributed by atoms with Gasteiger partial charge in [0.1, 0.15) is 0 Å². The summed E-state index contributed by atoms with van der Waals surface area (Å²) in [5.74, 6) is -1.43. The van der Waals surface area contributed by atoms with Crippen LogP contribution in [0.4, 0.5) is 0 Å². The number of morpholine rings is 1. The van der Waals surface area contributed by atoms with Crippen LogP contribution in [0.2, 0.25) is 0 Å². The quantitative estimate of drug-likeness (QED) is 0.739. The van der Waals surface area contributed by atoms with Gasteiger partial charge in [-0.15, -0.1) is 0 Å². The highest BCUT2D eigenvalue weighted by atomic mass is 32.2. The lowest BCUT2D eigenvalue weighted by Crippen LogP contribution is -2.52. The Kier molecular flexibility index (Phi) is 6.61. The van der Waals surface area contributed by atoms with Crippen molar-refractivity contribution in [3.05, 3.63) is 28.8 Å². The number of carboxylic acid groups (broad SMARTS) is 1. The number of nitrogens with zero attached hydrogens (tertiary/aromatic N) is 1.